The van der Waals surface area contributed by atoms with Crippen molar-refractivity contribution in [1.29, 1.82) is 0 Å². The Bertz CT molecular complexity index is 890. The van der Waals surface area contributed by atoms with E-state index in [1.165, 1.54) is 7.05 Å². The SMILES string of the molecule is COC(=O)C[C@H](NC(=O)OCc1ccccc1)C(=O)N(C)CC1=CC(=O)C=CC1=O. The van der Waals surface area contributed by atoms with Crippen LogP contribution >= 0.6 is 0 Å². The normalized spacial score (nSPS) is 13.9. The quantitative estimate of drug-likeness (QED) is 0.497. The first kappa shape index (κ1) is 22.5. The van der Waals surface area contributed by atoms with E-state index in [4.69, 9.17) is 4.74 Å². The van der Waals surface area contributed by atoms with E-state index >= 15 is 0 Å². The molecule has 0 fully saturated rings. The molecule has 0 bridgehead atoms. The summed E-state index contributed by atoms with van der Waals surface area (Å²) in [6.45, 7) is -0.177. The number of nitrogens with one attached hydrogen (secondary N) is 1. The van der Waals surface area contributed by atoms with Crippen LogP contribution in [0.25, 0.3) is 0 Å². The number of hydrogen-bond acceptors (Lipinski definition) is 7. The number of allylic oxidation sites excluding steroid dienone is 3. The summed E-state index contributed by atoms with van der Waals surface area (Å²) in [5.74, 6) is -2.11. The summed E-state index contributed by atoms with van der Waals surface area (Å²) in [5.41, 5.74) is 0.878. The second kappa shape index (κ2) is 10.7. The second-order valence-corrected chi connectivity index (χ2v) is 6.50. The van der Waals surface area contributed by atoms with E-state index < -0.39 is 36.2 Å². The number of alkyl carbamates (subject to hydrolysis) is 1. The average Bonchev–Trinajstić information content (AvgIpc) is 2.74. The molecule has 0 spiro atoms. The van der Waals surface area contributed by atoms with Gasteiger partial charge >= 0.3 is 12.1 Å². The van der Waals surface area contributed by atoms with E-state index in [0.717, 1.165) is 35.8 Å². The molecular weight excluding hydrogens is 392 g/mol. The van der Waals surface area contributed by atoms with Gasteiger partial charge in [0.2, 0.25) is 5.91 Å². The number of esters is 1. The molecule has 1 aliphatic carbocycles. The molecule has 9 nitrogen and oxygen atoms in total. The molecular formula is C21H22N2O7. The van der Waals surface area contributed by atoms with Crippen molar-refractivity contribution >= 4 is 29.5 Å². The topological polar surface area (TPSA) is 119 Å². The van der Waals surface area contributed by atoms with E-state index in [-0.39, 0.29) is 24.5 Å². The van der Waals surface area contributed by atoms with Gasteiger partial charge in [0, 0.05) is 19.2 Å². The lowest BCUT2D eigenvalue weighted by Gasteiger charge is -2.24. The third kappa shape index (κ3) is 6.69. The third-order valence-corrected chi connectivity index (χ3v) is 4.22. The van der Waals surface area contributed by atoms with Gasteiger partial charge in [-0.05, 0) is 23.8 Å². The summed E-state index contributed by atoms with van der Waals surface area (Å²) in [7, 11) is 2.55. The molecule has 0 saturated carbocycles. The zero-order valence-corrected chi connectivity index (χ0v) is 16.6. The van der Waals surface area contributed by atoms with Gasteiger partial charge in [0.1, 0.15) is 12.6 Å². The van der Waals surface area contributed by atoms with Gasteiger partial charge in [0.05, 0.1) is 13.5 Å². The Hall–Kier alpha value is -3.75. The van der Waals surface area contributed by atoms with Crippen LogP contribution in [0.15, 0.2) is 54.1 Å². The fourth-order valence-corrected chi connectivity index (χ4v) is 2.64. The zero-order chi connectivity index (χ0) is 22.1. The molecule has 2 amide bonds. The highest BCUT2D eigenvalue weighted by molar-refractivity contribution is 6.17. The summed E-state index contributed by atoms with van der Waals surface area (Å²) < 4.78 is 9.67. The van der Waals surface area contributed by atoms with Crippen LogP contribution in [-0.4, -0.2) is 61.2 Å². The lowest BCUT2D eigenvalue weighted by molar-refractivity contribution is -0.144. The van der Waals surface area contributed by atoms with Crippen molar-refractivity contribution < 1.29 is 33.4 Å². The first-order chi connectivity index (χ1) is 14.3. The molecule has 1 aliphatic rings. The second-order valence-electron chi connectivity index (χ2n) is 6.50. The van der Waals surface area contributed by atoms with Gasteiger partial charge in [-0.1, -0.05) is 30.3 Å². The predicted octanol–water partition coefficient (Wildman–Crippen LogP) is 0.937. The highest BCUT2D eigenvalue weighted by atomic mass is 16.5. The minimum Gasteiger partial charge on any atom is -0.469 e. The Morgan fingerprint density at radius 3 is 2.47 bits per heavy atom. The summed E-state index contributed by atoms with van der Waals surface area (Å²) in [6, 6.07) is 7.66. The lowest BCUT2D eigenvalue weighted by atomic mass is 10.0. The van der Waals surface area contributed by atoms with Gasteiger partial charge in [-0.15, -0.1) is 0 Å². The van der Waals surface area contributed by atoms with Crippen molar-refractivity contribution in [3.63, 3.8) is 0 Å². The van der Waals surface area contributed by atoms with Crippen molar-refractivity contribution in [3.8, 4) is 0 Å². The summed E-state index contributed by atoms with van der Waals surface area (Å²) in [4.78, 5) is 61.1. The number of rotatable bonds is 8. The zero-order valence-electron chi connectivity index (χ0n) is 16.6. The number of carbonyl (C=O) groups excluding carboxylic acids is 5. The number of ketones is 2. The largest absolute Gasteiger partial charge is 0.469 e. The highest BCUT2D eigenvalue weighted by Crippen LogP contribution is 2.10. The summed E-state index contributed by atoms with van der Waals surface area (Å²) in [6.07, 6.45) is 2.09. The molecule has 1 N–H and O–H groups in total. The van der Waals surface area contributed by atoms with E-state index in [1.807, 2.05) is 6.07 Å². The summed E-state index contributed by atoms with van der Waals surface area (Å²) in [5, 5.41) is 2.35. The molecule has 0 heterocycles. The summed E-state index contributed by atoms with van der Waals surface area (Å²) >= 11 is 0. The number of carbonyl (C=O) groups is 5. The molecule has 0 unspecified atom stereocenters. The average molecular weight is 414 g/mol. The van der Waals surface area contributed by atoms with E-state index in [1.54, 1.807) is 24.3 Å². The molecule has 158 valence electrons. The Labute approximate surface area is 173 Å². The molecule has 1 atom stereocenters. The third-order valence-electron chi connectivity index (χ3n) is 4.22. The van der Waals surface area contributed by atoms with E-state index in [0.29, 0.717) is 0 Å². The van der Waals surface area contributed by atoms with Gasteiger partial charge in [0.25, 0.3) is 0 Å². The molecule has 1 aromatic carbocycles. The maximum absolute atomic E-state index is 12.8. The number of amides is 2. The van der Waals surface area contributed by atoms with E-state index in [2.05, 4.69) is 10.1 Å². The first-order valence-electron chi connectivity index (χ1n) is 9.06. The van der Waals surface area contributed by atoms with Crippen LogP contribution < -0.4 is 5.32 Å². The maximum atomic E-state index is 12.8. The van der Waals surface area contributed by atoms with Crippen LogP contribution in [0.3, 0.4) is 0 Å². The molecule has 0 radical (unpaired) electrons. The first-order valence-corrected chi connectivity index (χ1v) is 9.06. The van der Waals surface area contributed by atoms with Crippen molar-refractivity contribution in [2.24, 2.45) is 0 Å². The smallest absolute Gasteiger partial charge is 0.408 e. The van der Waals surface area contributed by atoms with Crippen molar-refractivity contribution in [2.45, 2.75) is 19.1 Å². The minimum atomic E-state index is -1.27. The van der Waals surface area contributed by atoms with Crippen LogP contribution in [0.5, 0.6) is 0 Å². The highest BCUT2D eigenvalue weighted by Gasteiger charge is 2.29. The van der Waals surface area contributed by atoms with Crippen LogP contribution in [0.4, 0.5) is 4.79 Å². The number of ether oxygens (including phenoxy) is 2. The van der Waals surface area contributed by atoms with Crippen LogP contribution in [0, 0.1) is 0 Å². The van der Waals surface area contributed by atoms with Crippen LogP contribution in [0.1, 0.15) is 12.0 Å². The molecule has 1 aromatic rings. The number of likely N-dealkylation sites (N-methyl/N-ethyl adjacent to an activating group) is 1. The number of benzene rings is 1. The monoisotopic (exact) mass is 414 g/mol. The van der Waals surface area contributed by atoms with Crippen LogP contribution in [-0.2, 0) is 35.3 Å². The molecule has 0 saturated heterocycles. The standard InChI is InChI=1S/C21H22N2O7/c1-23(12-15-10-16(24)8-9-18(15)25)20(27)17(11-19(26)29-2)22-21(28)30-13-14-6-4-3-5-7-14/h3-10,17H,11-13H2,1-2H3,(H,22,28)/t17-/m0/s1. The maximum Gasteiger partial charge on any atom is 0.408 e. The molecule has 9 heteroatoms. The number of nitrogens with zero attached hydrogens (tertiary/aromatic N) is 1. The van der Waals surface area contributed by atoms with Gasteiger partial charge in [0.15, 0.2) is 11.6 Å². The molecule has 0 aromatic heterocycles. The Balaban J connectivity index is 2.02. The van der Waals surface area contributed by atoms with Gasteiger partial charge in [-0.25, -0.2) is 4.79 Å². The molecule has 2 rings (SSSR count). The van der Waals surface area contributed by atoms with Gasteiger partial charge in [-0.2, -0.15) is 0 Å². The Morgan fingerprint density at radius 2 is 1.80 bits per heavy atom. The fraction of sp³-hybridized carbons (Fsp3) is 0.286. The number of hydrogen-bond donors (Lipinski definition) is 1. The van der Waals surface area contributed by atoms with Crippen molar-refractivity contribution in [2.75, 3.05) is 20.7 Å². The Morgan fingerprint density at radius 1 is 1.10 bits per heavy atom. The fourth-order valence-electron chi connectivity index (χ4n) is 2.64. The van der Waals surface area contributed by atoms with Gasteiger partial charge < -0.3 is 19.7 Å². The predicted molar refractivity (Wildman–Crippen MR) is 105 cm³/mol. The minimum absolute atomic E-state index is 0.0164. The Kier molecular flexibility index (Phi) is 8.04. The van der Waals surface area contributed by atoms with E-state index in [9.17, 15) is 24.0 Å². The molecule has 0 aliphatic heterocycles. The molecule has 30 heavy (non-hydrogen) atoms. The van der Waals surface area contributed by atoms with Gasteiger partial charge in [-0.3, -0.25) is 19.2 Å². The number of methoxy groups -OCH3 is 1. The van der Waals surface area contributed by atoms with Crippen molar-refractivity contribution in [1.82, 2.24) is 10.2 Å². The lowest BCUT2D eigenvalue weighted by Crippen LogP contribution is -2.49. The van der Waals surface area contributed by atoms with Crippen LogP contribution in [0.2, 0.25) is 0 Å². The van der Waals surface area contributed by atoms with Crippen molar-refractivity contribution in [3.05, 3.63) is 59.7 Å².